The molecule has 1 atom stereocenters. The summed E-state index contributed by atoms with van der Waals surface area (Å²) in [6.45, 7) is 0.216. The van der Waals surface area contributed by atoms with Crippen LogP contribution in [0.5, 0.6) is 0 Å². The van der Waals surface area contributed by atoms with Gasteiger partial charge < -0.3 is 5.11 Å². The van der Waals surface area contributed by atoms with Gasteiger partial charge in [-0.15, -0.1) is 11.6 Å². The van der Waals surface area contributed by atoms with Crippen LogP contribution in [0.25, 0.3) is 10.9 Å². The van der Waals surface area contributed by atoms with E-state index >= 15 is 0 Å². The number of non-ortho nitro benzene ring substituents is 1. The second-order valence-electron chi connectivity index (χ2n) is 3.64. The monoisotopic (exact) mass is 255 g/mol. The fourth-order valence-corrected chi connectivity index (χ4v) is 1.66. The average molecular weight is 256 g/mol. The topological polar surface area (TPSA) is 81.2 Å². The summed E-state index contributed by atoms with van der Waals surface area (Å²) < 4.78 is 1.51. The summed E-state index contributed by atoms with van der Waals surface area (Å²) in [5.74, 6) is 0.0935. The Morgan fingerprint density at radius 1 is 1.59 bits per heavy atom. The lowest BCUT2D eigenvalue weighted by atomic mass is 10.2. The normalized spacial score (nSPS) is 12.8. The number of fused-ring (bicyclic) bond motifs is 1. The second-order valence-corrected chi connectivity index (χ2v) is 3.94. The zero-order chi connectivity index (χ0) is 12.4. The minimum Gasteiger partial charge on any atom is -0.390 e. The van der Waals surface area contributed by atoms with E-state index in [0.717, 1.165) is 5.39 Å². The molecule has 2 rings (SSSR count). The third-order valence-electron chi connectivity index (χ3n) is 2.40. The van der Waals surface area contributed by atoms with E-state index in [2.05, 4.69) is 5.10 Å². The molecule has 7 heteroatoms. The van der Waals surface area contributed by atoms with E-state index in [0.29, 0.717) is 5.52 Å². The van der Waals surface area contributed by atoms with E-state index in [1.165, 1.54) is 16.8 Å². The minimum atomic E-state index is -0.723. The van der Waals surface area contributed by atoms with Gasteiger partial charge in [0.15, 0.2) is 0 Å². The average Bonchev–Trinajstić information content (AvgIpc) is 2.71. The van der Waals surface area contributed by atoms with Crippen molar-refractivity contribution in [2.45, 2.75) is 12.6 Å². The molecule has 0 radical (unpaired) electrons. The molecule has 0 saturated carbocycles. The van der Waals surface area contributed by atoms with Gasteiger partial charge in [0.25, 0.3) is 5.69 Å². The van der Waals surface area contributed by atoms with E-state index in [1.54, 1.807) is 12.3 Å². The maximum atomic E-state index is 10.7. The number of rotatable bonds is 4. The zero-order valence-electron chi connectivity index (χ0n) is 8.78. The highest BCUT2D eigenvalue weighted by molar-refractivity contribution is 6.18. The van der Waals surface area contributed by atoms with Crippen LogP contribution in [0.2, 0.25) is 0 Å². The molecule has 0 saturated heterocycles. The largest absolute Gasteiger partial charge is 0.390 e. The van der Waals surface area contributed by atoms with Crippen molar-refractivity contribution < 1.29 is 10.0 Å². The van der Waals surface area contributed by atoms with Crippen LogP contribution < -0.4 is 0 Å². The number of aliphatic hydroxyl groups excluding tert-OH is 1. The second kappa shape index (κ2) is 4.68. The number of halogens is 1. The van der Waals surface area contributed by atoms with Gasteiger partial charge in [0, 0.05) is 17.5 Å². The molecule has 2 aromatic rings. The fourth-order valence-electron chi connectivity index (χ4n) is 1.57. The predicted octanol–water partition coefficient (Wildman–Crippen LogP) is 1.54. The zero-order valence-corrected chi connectivity index (χ0v) is 9.54. The summed E-state index contributed by atoms with van der Waals surface area (Å²) in [4.78, 5) is 10.2. The van der Waals surface area contributed by atoms with Crippen molar-refractivity contribution in [1.82, 2.24) is 9.78 Å². The maximum absolute atomic E-state index is 10.7. The van der Waals surface area contributed by atoms with E-state index < -0.39 is 11.0 Å². The van der Waals surface area contributed by atoms with E-state index in [4.69, 9.17) is 11.6 Å². The quantitative estimate of drug-likeness (QED) is 0.510. The Morgan fingerprint density at radius 3 is 3.00 bits per heavy atom. The number of nitrogens with zero attached hydrogens (tertiary/aromatic N) is 3. The summed E-state index contributed by atoms with van der Waals surface area (Å²) in [6.07, 6.45) is 0.874. The molecule has 0 spiro atoms. The van der Waals surface area contributed by atoms with Crippen LogP contribution in [0.4, 0.5) is 5.69 Å². The lowest BCUT2D eigenvalue weighted by Crippen LogP contribution is -2.18. The van der Waals surface area contributed by atoms with Gasteiger partial charge in [0.1, 0.15) is 0 Å². The Hall–Kier alpha value is -1.66. The summed E-state index contributed by atoms with van der Waals surface area (Å²) in [5.41, 5.74) is 0.614. The third-order valence-corrected chi connectivity index (χ3v) is 2.76. The van der Waals surface area contributed by atoms with Gasteiger partial charge in [0.05, 0.1) is 35.2 Å². The Balaban J connectivity index is 2.43. The summed E-state index contributed by atoms with van der Waals surface area (Å²) in [6, 6.07) is 4.49. The summed E-state index contributed by atoms with van der Waals surface area (Å²) >= 11 is 5.50. The molecule has 1 aromatic carbocycles. The molecular weight excluding hydrogens is 246 g/mol. The fraction of sp³-hybridized carbons (Fsp3) is 0.300. The number of alkyl halides is 1. The number of hydrogen-bond acceptors (Lipinski definition) is 4. The van der Waals surface area contributed by atoms with Crippen molar-refractivity contribution in [2.24, 2.45) is 0 Å². The smallest absolute Gasteiger partial charge is 0.271 e. The van der Waals surface area contributed by atoms with Gasteiger partial charge in [-0.25, -0.2) is 0 Å². The van der Waals surface area contributed by atoms with Crippen molar-refractivity contribution in [1.29, 1.82) is 0 Å². The lowest BCUT2D eigenvalue weighted by molar-refractivity contribution is -0.384. The van der Waals surface area contributed by atoms with Crippen molar-refractivity contribution in [3.05, 3.63) is 34.5 Å². The Labute approximate surface area is 102 Å². The maximum Gasteiger partial charge on any atom is 0.271 e. The van der Waals surface area contributed by atoms with Gasteiger partial charge in [-0.1, -0.05) is 0 Å². The standard InChI is InChI=1S/C10H10ClN3O3/c11-4-9(15)6-13-10-3-8(14(16)17)2-1-7(10)5-12-13/h1-3,5,9,15H,4,6H2. The molecule has 17 heavy (non-hydrogen) atoms. The van der Waals surface area contributed by atoms with Gasteiger partial charge >= 0.3 is 0 Å². The number of benzene rings is 1. The molecule has 1 heterocycles. The van der Waals surface area contributed by atoms with Crippen molar-refractivity contribution in [2.75, 3.05) is 5.88 Å². The van der Waals surface area contributed by atoms with E-state index in [-0.39, 0.29) is 18.1 Å². The minimum absolute atomic E-state index is 0.000358. The van der Waals surface area contributed by atoms with Crippen molar-refractivity contribution >= 4 is 28.2 Å². The Morgan fingerprint density at radius 2 is 2.35 bits per heavy atom. The van der Waals surface area contributed by atoms with Gasteiger partial charge in [0.2, 0.25) is 0 Å². The third kappa shape index (κ3) is 2.37. The molecule has 1 N–H and O–H groups in total. The highest BCUT2D eigenvalue weighted by Crippen LogP contribution is 2.20. The molecule has 90 valence electrons. The first kappa shape index (κ1) is 11.8. The summed E-state index contributed by atoms with van der Waals surface area (Å²) in [7, 11) is 0. The van der Waals surface area contributed by atoms with Crippen LogP contribution in [-0.2, 0) is 6.54 Å². The van der Waals surface area contributed by atoms with Gasteiger partial charge in [-0.05, 0) is 6.07 Å². The van der Waals surface area contributed by atoms with Gasteiger partial charge in [-0.3, -0.25) is 14.8 Å². The van der Waals surface area contributed by atoms with Crippen LogP contribution in [0.1, 0.15) is 0 Å². The predicted molar refractivity (Wildman–Crippen MR) is 63.1 cm³/mol. The number of nitro benzene ring substituents is 1. The van der Waals surface area contributed by atoms with Crippen LogP contribution in [0, 0.1) is 10.1 Å². The molecular formula is C10H10ClN3O3. The molecule has 0 fully saturated rings. The van der Waals surface area contributed by atoms with Crippen molar-refractivity contribution in [3.63, 3.8) is 0 Å². The number of aromatic nitrogens is 2. The Kier molecular flexibility index (Phi) is 3.26. The van der Waals surface area contributed by atoms with E-state index in [1.807, 2.05) is 0 Å². The molecule has 0 aliphatic carbocycles. The first-order valence-electron chi connectivity index (χ1n) is 4.96. The molecule has 0 aliphatic rings. The van der Waals surface area contributed by atoms with Gasteiger partial charge in [-0.2, -0.15) is 5.10 Å². The molecule has 6 nitrogen and oxygen atoms in total. The number of aliphatic hydroxyl groups is 1. The first-order valence-corrected chi connectivity index (χ1v) is 5.49. The molecule has 0 amide bonds. The van der Waals surface area contributed by atoms with Crippen LogP contribution in [0.15, 0.2) is 24.4 Å². The SMILES string of the molecule is O=[N+]([O-])c1ccc2cnn(CC(O)CCl)c2c1. The van der Waals surface area contributed by atoms with Crippen LogP contribution in [0.3, 0.4) is 0 Å². The number of nitro groups is 1. The molecule has 1 unspecified atom stereocenters. The highest BCUT2D eigenvalue weighted by atomic mass is 35.5. The Bertz CT molecular complexity index is 555. The van der Waals surface area contributed by atoms with Crippen LogP contribution in [-0.4, -0.2) is 31.8 Å². The first-order chi connectivity index (χ1) is 8.11. The summed E-state index contributed by atoms with van der Waals surface area (Å²) in [5, 5.41) is 25.0. The van der Waals surface area contributed by atoms with Crippen LogP contribution >= 0.6 is 11.6 Å². The molecule has 1 aromatic heterocycles. The molecule has 0 aliphatic heterocycles. The highest BCUT2D eigenvalue weighted by Gasteiger charge is 2.12. The van der Waals surface area contributed by atoms with Crippen molar-refractivity contribution in [3.8, 4) is 0 Å². The molecule has 0 bridgehead atoms. The lowest BCUT2D eigenvalue weighted by Gasteiger charge is -2.07. The van der Waals surface area contributed by atoms with E-state index in [9.17, 15) is 15.2 Å². The number of hydrogen-bond donors (Lipinski definition) is 1.